The highest BCUT2D eigenvalue weighted by Crippen LogP contribution is 2.31. The maximum atomic E-state index is 12.1. The highest BCUT2D eigenvalue weighted by molar-refractivity contribution is 5.76. The molecule has 2 heterocycles. The lowest BCUT2D eigenvalue weighted by Crippen LogP contribution is -2.23. The topological polar surface area (TPSA) is 109 Å². The van der Waals surface area contributed by atoms with Crippen LogP contribution in [0.5, 0.6) is 17.4 Å². The molecule has 1 N–H and O–H groups in total. The van der Waals surface area contributed by atoms with Crippen LogP contribution in [0, 0.1) is 0 Å². The molecule has 0 bridgehead atoms. The second-order valence-electron chi connectivity index (χ2n) is 6.06. The van der Waals surface area contributed by atoms with Gasteiger partial charge in [-0.1, -0.05) is 5.16 Å². The number of nitrogens with zero attached hydrogens (tertiary/aromatic N) is 3. The number of carbonyl (C=O) groups excluding carboxylic acids is 1. The Morgan fingerprint density at radius 2 is 1.90 bits per heavy atom. The summed E-state index contributed by atoms with van der Waals surface area (Å²) in [5, 5.41) is 6.82. The molecule has 0 saturated carbocycles. The third-order valence-corrected chi connectivity index (χ3v) is 4.17. The number of rotatable bonds is 9. The third kappa shape index (κ3) is 5.22. The monoisotopic (exact) mass is 398 g/mol. The zero-order valence-electron chi connectivity index (χ0n) is 16.5. The van der Waals surface area contributed by atoms with Crippen molar-refractivity contribution in [3.63, 3.8) is 0 Å². The second-order valence-corrected chi connectivity index (χ2v) is 6.06. The molecule has 0 fully saturated rings. The van der Waals surface area contributed by atoms with Crippen molar-refractivity contribution in [1.82, 2.24) is 20.4 Å². The van der Waals surface area contributed by atoms with E-state index in [1.807, 2.05) is 12.1 Å². The van der Waals surface area contributed by atoms with E-state index in [1.54, 1.807) is 45.7 Å². The van der Waals surface area contributed by atoms with Crippen LogP contribution in [0.2, 0.25) is 0 Å². The molecule has 0 saturated heterocycles. The number of carbonyl (C=O) groups is 1. The van der Waals surface area contributed by atoms with Gasteiger partial charge >= 0.3 is 0 Å². The minimum absolute atomic E-state index is 0.119. The number of aryl methyl sites for hydroxylation is 1. The van der Waals surface area contributed by atoms with Gasteiger partial charge in [-0.2, -0.15) is 4.98 Å². The van der Waals surface area contributed by atoms with E-state index in [4.69, 9.17) is 18.7 Å². The summed E-state index contributed by atoms with van der Waals surface area (Å²) in [6.07, 6.45) is 2.20. The molecular formula is C20H22N4O5. The highest BCUT2D eigenvalue weighted by Gasteiger charge is 2.13. The normalized spacial score (nSPS) is 10.4. The Morgan fingerprint density at radius 1 is 1.07 bits per heavy atom. The summed E-state index contributed by atoms with van der Waals surface area (Å²) in [5.41, 5.74) is 1.63. The van der Waals surface area contributed by atoms with Gasteiger partial charge in [0.1, 0.15) is 0 Å². The summed E-state index contributed by atoms with van der Waals surface area (Å²) in [6.45, 7) is 0.387. The smallest absolute Gasteiger partial charge is 0.227 e. The Kier molecular flexibility index (Phi) is 6.62. The van der Waals surface area contributed by atoms with Gasteiger partial charge < -0.3 is 24.1 Å². The van der Waals surface area contributed by atoms with E-state index >= 15 is 0 Å². The molecule has 29 heavy (non-hydrogen) atoms. The summed E-state index contributed by atoms with van der Waals surface area (Å²) in [5.74, 6) is 2.38. The van der Waals surface area contributed by atoms with Crippen molar-refractivity contribution >= 4 is 5.91 Å². The van der Waals surface area contributed by atoms with Crippen molar-refractivity contribution in [2.45, 2.75) is 19.4 Å². The first-order valence-corrected chi connectivity index (χ1v) is 8.93. The largest absolute Gasteiger partial charge is 0.493 e. The molecule has 9 heteroatoms. The van der Waals surface area contributed by atoms with Crippen LogP contribution in [0.4, 0.5) is 0 Å². The van der Waals surface area contributed by atoms with E-state index < -0.39 is 0 Å². The van der Waals surface area contributed by atoms with Gasteiger partial charge in [0.2, 0.25) is 23.5 Å². The summed E-state index contributed by atoms with van der Waals surface area (Å²) >= 11 is 0. The van der Waals surface area contributed by atoms with Crippen molar-refractivity contribution < 1.29 is 23.5 Å². The minimum atomic E-state index is -0.119. The molecule has 0 unspecified atom stereocenters. The van der Waals surface area contributed by atoms with Crippen LogP contribution in [0.1, 0.15) is 17.9 Å². The fraction of sp³-hybridized carbons (Fsp3) is 0.300. The molecule has 1 aromatic carbocycles. The average Bonchev–Trinajstić information content (AvgIpc) is 3.25. The number of nitrogens with one attached hydrogen (secondary N) is 1. The molecule has 0 aliphatic rings. The minimum Gasteiger partial charge on any atom is -0.493 e. The zero-order chi connectivity index (χ0) is 20.6. The second kappa shape index (κ2) is 9.54. The number of ether oxygens (including phenoxy) is 3. The summed E-state index contributed by atoms with van der Waals surface area (Å²) in [6, 6.07) is 8.94. The maximum absolute atomic E-state index is 12.1. The summed E-state index contributed by atoms with van der Waals surface area (Å²) in [7, 11) is 4.68. The van der Waals surface area contributed by atoms with E-state index in [1.165, 1.54) is 0 Å². The molecule has 152 valence electrons. The molecule has 2 aromatic heterocycles. The molecule has 0 aliphatic carbocycles. The van der Waals surface area contributed by atoms with Crippen LogP contribution >= 0.6 is 0 Å². The van der Waals surface area contributed by atoms with E-state index in [0.29, 0.717) is 42.1 Å². The van der Waals surface area contributed by atoms with Crippen LogP contribution in [0.3, 0.4) is 0 Å². The lowest BCUT2D eigenvalue weighted by molar-refractivity contribution is -0.121. The van der Waals surface area contributed by atoms with Gasteiger partial charge in [0.25, 0.3) is 0 Å². The highest BCUT2D eigenvalue weighted by atomic mass is 16.5. The predicted octanol–water partition coefficient (Wildman–Crippen LogP) is 2.41. The SMILES string of the molecule is COc1cc(CNC(=O)CCc2nc(-c3ccc(OC)c(OC)c3)no2)ccn1. The number of benzene rings is 1. The number of hydrogen-bond donors (Lipinski definition) is 1. The first-order chi connectivity index (χ1) is 14.1. The molecule has 3 aromatic rings. The lowest BCUT2D eigenvalue weighted by atomic mass is 10.2. The first kappa shape index (κ1) is 20.1. The molecular weight excluding hydrogens is 376 g/mol. The molecule has 0 radical (unpaired) electrons. The Balaban J connectivity index is 1.54. The number of aromatic nitrogens is 3. The van der Waals surface area contributed by atoms with E-state index in [2.05, 4.69) is 20.4 Å². The fourth-order valence-electron chi connectivity index (χ4n) is 2.63. The number of amides is 1. The van der Waals surface area contributed by atoms with Crippen LogP contribution in [-0.2, 0) is 17.8 Å². The number of pyridine rings is 1. The zero-order valence-corrected chi connectivity index (χ0v) is 16.5. The first-order valence-electron chi connectivity index (χ1n) is 8.93. The van der Waals surface area contributed by atoms with Crippen LogP contribution in [0.25, 0.3) is 11.4 Å². The maximum Gasteiger partial charge on any atom is 0.227 e. The molecule has 0 spiro atoms. The van der Waals surface area contributed by atoms with Gasteiger partial charge in [-0.05, 0) is 29.8 Å². The van der Waals surface area contributed by atoms with Crippen LogP contribution in [0.15, 0.2) is 41.1 Å². The number of hydrogen-bond acceptors (Lipinski definition) is 8. The van der Waals surface area contributed by atoms with E-state index in [9.17, 15) is 4.79 Å². The van der Waals surface area contributed by atoms with Crippen LogP contribution in [-0.4, -0.2) is 42.4 Å². The molecule has 0 aliphatic heterocycles. The van der Waals surface area contributed by atoms with Crippen molar-refractivity contribution in [3.8, 4) is 28.8 Å². The van der Waals surface area contributed by atoms with Gasteiger partial charge in [-0.15, -0.1) is 0 Å². The van der Waals surface area contributed by atoms with E-state index in [-0.39, 0.29) is 12.3 Å². The summed E-state index contributed by atoms with van der Waals surface area (Å²) < 4.78 is 20.8. The quantitative estimate of drug-likeness (QED) is 0.585. The Bertz CT molecular complexity index is 973. The molecule has 0 atom stereocenters. The lowest BCUT2D eigenvalue weighted by Gasteiger charge is -2.07. The van der Waals surface area contributed by atoms with Gasteiger partial charge in [0, 0.05) is 37.2 Å². The molecule has 9 nitrogen and oxygen atoms in total. The standard InChI is InChI=1S/C20H22N4O5/c1-26-15-5-4-14(11-16(15)27-2)20-23-18(29-24-20)7-6-17(25)22-12-13-8-9-21-19(10-13)28-3/h4-5,8-11H,6-7,12H2,1-3H3,(H,22,25). The predicted molar refractivity (Wildman–Crippen MR) is 104 cm³/mol. The molecule has 1 amide bonds. The third-order valence-electron chi connectivity index (χ3n) is 4.17. The van der Waals surface area contributed by atoms with Gasteiger partial charge in [0.05, 0.1) is 21.3 Å². The average molecular weight is 398 g/mol. The Hall–Kier alpha value is -3.62. The van der Waals surface area contributed by atoms with Crippen molar-refractivity contribution in [2.24, 2.45) is 0 Å². The van der Waals surface area contributed by atoms with Gasteiger partial charge in [-0.3, -0.25) is 4.79 Å². The van der Waals surface area contributed by atoms with Crippen molar-refractivity contribution in [2.75, 3.05) is 21.3 Å². The Morgan fingerprint density at radius 3 is 2.66 bits per heavy atom. The van der Waals surface area contributed by atoms with Gasteiger partial charge in [0.15, 0.2) is 11.5 Å². The Labute approximate surface area is 168 Å². The van der Waals surface area contributed by atoms with E-state index in [0.717, 1.165) is 11.1 Å². The fourth-order valence-corrected chi connectivity index (χ4v) is 2.63. The van der Waals surface area contributed by atoms with Gasteiger partial charge in [-0.25, -0.2) is 4.98 Å². The van der Waals surface area contributed by atoms with Crippen LogP contribution < -0.4 is 19.5 Å². The molecule has 3 rings (SSSR count). The number of methoxy groups -OCH3 is 3. The van der Waals surface area contributed by atoms with Crippen molar-refractivity contribution in [1.29, 1.82) is 0 Å². The summed E-state index contributed by atoms with van der Waals surface area (Å²) in [4.78, 5) is 20.5. The van der Waals surface area contributed by atoms with Crippen molar-refractivity contribution in [3.05, 3.63) is 48.0 Å².